The second-order valence-corrected chi connectivity index (χ2v) is 22.2. The molecule has 0 spiro atoms. The minimum Gasteiger partial charge on any atom is -0.481 e. The molecule has 1 aromatic heterocycles. The molecule has 2 fully saturated rings. The van der Waals surface area contributed by atoms with Crippen LogP contribution in [0.4, 0.5) is 5.69 Å². The molecular weight excluding hydrogens is 1020 g/mol. The number of likely N-dealkylation sites (N-methyl/N-ethyl adjacent to an activating group) is 1. The van der Waals surface area contributed by atoms with E-state index in [1.54, 1.807) is 36.4 Å². The minimum absolute atomic E-state index is 0.0316. The molecule has 2 saturated heterocycles. The Hall–Kier alpha value is -5.88. The number of nitrogens with two attached hydrogens (primary N) is 1. The number of piperidine rings is 1. The van der Waals surface area contributed by atoms with Crippen molar-refractivity contribution in [2.24, 2.45) is 29.4 Å². The number of thiazole rings is 1. The van der Waals surface area contributed by atoms with Crippen LogP contribution in [0.15, 0.2) is 53.9 Å². The van der Waals surface area contributed by atoms with Gasteiger partial charge in [-0.1, -0.05) is 71.4 Å². The van der Waals surface area contributed by atoms with Crippen molar-refractivity contribution in [2.45, 2.75) is 161 Å². The number of rotatable bonds is 27. The highest BCUT2D eigenvalue weighted by molar-refractivity contribution is 7.09. The quantitative estimate of drug-likeness (QED) is 0.0386. The summed E-state index contributed by atoms with van der Waals surface area (Å²) < 4.78 is 17.3. The molecule has 22 heteroatoms. The molecule has 2 aliphatic rings. The van der Waals surface area contributed by atoms with E-state index in [1.165, 1.54) is 13.0 Å². The third kappa shape index (κ3) is 16.6. The highest BCUT2D eigenvalue weighted by Crippen LogP contribution is 2.37. The van der Waals surface area contributed by atoms with E-state index in [0.29, 0.717) is 42.9 Å². The first kappa shape index (κ1) is 62.0. The third-order valence-electron chi connectivity index (χ3n) is 15.0. The van der Waals surface area contributed by atoms with Gasteiger partial charge in [0.1, 0.15) is 47.3 Å². The number of Topliss-reactive ketones (excluding diaryl/α,β-unsaturated/α-hetero) is 1. The highest BCUT2D eigenvalue weighted by Gasteiger charge is 2.49. The maximum Gasteiger partial charge on any atom is 0.335 e. The number of ether oxygens (including phenoxy) is 3. The lowest BCUT2D eigenvalue weighted by Gasteiger charge is -2.45. The topological polar surface area (TPSA) is 315 Å². The molecule has 2 aromatic carbocycles. The summed E-state index contributed by atoms with van der Waals surface area (Å²) in [5, 5.41) is 58.2. The Bertz CT molecular complexity index is 2510. The number of nitrogens with one attached hydrogen (secondary N) is 2. The lowest BCUT2D eigenvalue weighted by molar-refractivity contribution is -0.941. The molecule has 0 radical (unpaired) electrons. The van der Waals surface area contributed by atoms with Crippen LogP contribution in [0.5, 0.6) is 5.75 Å². The molecule has 0 saturated carbocycles. The van der Waals surface area contributed by atoms with Crippen LogP contribution in [-0.4, -0.2) is 157 Å². The van der Waals surface area contributed by atoms with Gasteiger partial charge in [0.05, 0.1) is 25.2 Å². The van der Waals surface area contributed by atoms with Crippen molar-refractivity contribution < 1.29 is 77.8 Å². The Morgan fingerprint density at radius 2 is 1.65 bits per heavy atom. The number of carbonyl (C=O) groups excluding carboxylic acids is 5. The van der Waals surface area contributed by atoms with E-state index in [4.69, 9.17) is 19.9 Å². The number of benzene rings is 2. The number of nitrogens with zero attached hydrogens (tertiary/aromatic N) is 3. The Balaban J connectivity index is 1.35. The fourth-order valence-electron chi connectivity index (χ4n) is 10.4. The van der Waals surface area contributed by atoms with Gasteiger partial charge >= 0.3 is 17.9 Å². The second-order valence-electron chi connectivity index (χ2n) is 21.3. The van der Waals surface area contributed by atoms with Crippen LogP contribution in [0.25, 0.3) is 0 Å². The Morgan fingerprint density at radius 3 is 2.27 bits per heavy atom. The molecule has 9 N–H and O–H groups in total. The number of aliphatic hydroxyl groups is 3. The Kier molecular flexibility index (Phi) is 22.6. The fraction of sp³-hybridized carbons (Fsp3) is 0.600. The predicted octanol–water partition coefficient (Wildman–Crippen LogP) is 4.45. The molecule has 13 atom stereocenters. The first-order chi connectivity index (χ1) is 36.4. The summed E-state index contributed by atoms with van der Waals surface area (Å²) >= 11 is 1.13. The molecular formula is C55H79N6O15S+. The molecule has 1 unspecified atom stereocenters. The van der Waals surface area contributed by atoms with E-state index in [0.717, 1.165) is 29.7 Å². The van der Waals surface area contributed by atoms with Crippen molar-refractivity contribution in [1.29, 1.82) is 0 Å². The number of aliphatic carboxylic acids is 2. The lowest BCUT2D eigenvalue weighted by atomic mass is 9.82. The first-order valence-corrected chi connectivity index (χ1v) is 27.3. The van der Waals surface area contributed by atoms with Crippen LogP contribution < -0.4 is 21.1 Å². The number of carboxylic acid groups (broad SMARTS) is 2. The molecule has 3 amide bonds. The maximum atomic E-state index is 14.9. The molecule has 5 rings (SSSR count). The third-order valence-corrected chi connectivity index (χ3v) is 15.9. The van der Waals surface area contributed by atoms with E-state index in [1.807, 2.05) is 65.1 Å². The van der Waals surface area contributed by atoms with Gasteiger partial charge in [0, 0.05) is 75.1 Å². The van der Waals surface area contributed by atoms with Gasteiger partial charge in [0.25, 0.3) is 5.91 Å². The molecule has 0 aliphatic carbocycles. The van der Waals surface area contributed by atoms with Gasteiger partial charge in [0.15, 0.2) is 18.0 Å². The van der Waals surface area contributed by atoms with Gasteiger partial charge in [-0.2, -0.15) is 0 Å². The van der Waals surface area contributed by atoms with E-state index in [-0.39, 0.29) is 77.4 Å². The number of quaternary nitrogens is 1. The molecule has 424 valence electrons. The molecule has 3 aromatic rings. The van der Waals surface area contributed by atoms with Crippen molar-refractivity contribution in [3.8, 4) is 5.75 Å². The number of amides is 3. The summed E-state index contributed by atoms with van der Waals surface area (Å²) in [5.41, 5.74) is 7.47. The number of aromatic nitrogens is 1. The van der Waals surface area contributed by atoms with Crippen LogP contribution in [0.2, 0.25) is 0 Å². The van der Waals surface area contributed by atoms with E-state index >= 15 is 0 Å². The largest absolute Gasteiger partial charge is 0.481 e. The number of hydrogen-bond acceptors (Lipinski definition) is 16. The van der Waals surface area contributed by atoms with Crippen molar-refractivity contribution >= 4 is 58.4 Å². The van der Waals surface area contributed by atoms with Gasteiger partial charge in [-0.15, -0.1) is 11.3 Å². The van der Waals surface area contributed by atoms with Crippen molar-refractivity contribution in [3.63, 3.8) is 0 Å². The standard InChI is InChI=1S/C55H78N6O15S/c1-9-31(4)37(52(69)60(7)40(30(2)3)27-44(74-33(6)62)51-59-39(29-77-51)50(68)57-36(23-32(5)53(70)71)24-34-15-11-10-12-16-34)26-42(63)41-17-13-14-22-61(41,8)28-35-18-19-43(38(25-35)58-45(64)20-21-56)75-55-48(67)46(65)47(66)49(76-55)54(72)73/h10-12,15-16,18-19,25,29-32,36-37,40-41,44,46-49,55,65-67H,9,13-14,17,20-24,26-28,56H2,1-8H3,(H3-,57,58,64,68,70,71,72,73)/p+1/t31-,32-,36+,37-,40+,41+,44+,46-,47-,48+,49-,55+,61?/m0/s1. The smallest absolute Gasteiger partial charge is 0.335 e. The zero-order valence-corrected chi connectivity index (χ0v) is 46.1. The predicted molar refractivity (Wildman–Crippen MR) is 284 cm³/mol. The summed E-state index contributed by atoms with van der Waals surface area (Å²) in [6.07, 6.45) is -6.92. The average Bonchev–Trinajstić information content (AvgIpc) is 3.89. The van der Waals surface area contributed by atoms with Crippen LogP contribution in [0.1, 0.15) is 126 Å². The van der Waals surface area contributed by atoms with Gasteiger partial charge in [0.2, 0.25) is 18.1 Å². The number of ketones is 1. The summed E-state index contributed by atoms with van der Waals surface area (Å²) in [6.45, 7) is 11.6. The van der Waals surface area contributed by atoms with Crippen molar-refractivity contribution in [2.75, 3.05) is 32.5 Å². The fourth-order valence-corrected chi connectivity index (χ4v) is 11.2. The summed E-state index contributed by atoms with van der Waals surface area (Å²) in [4.78, 5) is 98.9. The first-order valence-electron chi connectivity index (χ1n) is 26.4. The number of carboxylic acids is 2. The van der Waals surface area contributed by atoms with Crippen LogP contribution in [-0.2, 0) is 51.2 Å². The van der Waals surface area contributed by atoms with Crippen LogP contribution >= 0.6 is 11.3 Å². The van der Waals surface area contributed by atoms with Crippen LogP contribution in [0, 0.1) is 23.7 Å². The molecule has 77 heavy (non-hydrogen) atoms. The van der Waals surface area contributed by atoms with Crippen molar-refractivity contribution in [1.82, 2.24) is 15.2 Å². The number of aliphatic hydroxyl groups excluding tert-OH is 3. The normalized spacial score (nSPS) is 23.8. The lowest BCUT2D eigenvalue weighted by Crippen LogP contribution is -2.61. The van der Waals surface area contributed by atoms with Gasteiger partial charge in [-0.3, -0.25) is 28.8 Å². The monoisotopic (exact) mass is 1100 g/mol. The highest BCUT2D eigenvalue weighted by atomic mass is 32.1. The van der Waals surface area contributed by atoms with Gasteiger partial charge in [-0.05, 0) is 61.3 Å². The summed E-state index contributed by atoms with van der Waals surface area (Å²) in [7, 11) is 3.68. The summed E-state index contributed by atoms with van der Waals surface area (Å²) in [6, 6.07) is 12.7. The average molecular weight is 1100 g/mol. The Labute approximate surface area is 454 Å². The molecule has 0 bridgehead atoms. The summed E-state index contributed by atoms with van der Waals surface area (Å²) in [5.74, 6) is -6.28. The zero-order valence-electron chi connectivity index (χ0n) is 45.3. The zero-order chi connectivity index (χ0) is 56.9. The number of hydrogen-bond donors (Lipinski definition) is 8. The van der Waals surface area contributed by atoms with E-state index in [9.17, 15) is 59.1 Å². The molecule has 2 aliphatic heterocycles. The number of likely N-dealkylation sites (tertiary alicyclic amines) is 1. The van der Waals surface area contributed by atoms with E-state index < -0.39 is 96.5 Å². The SMILES string of the molecule is CC[C@H](C)[C@H](CC(=O)[C@H]1CCCC[N+]1(C)Cc1ccc(O[C@@H]2O[C@H](C(=O)O)[C@@H](O)[C@H](O)[C@H]2O)c(NC(=O)CCN)c1)C(=O)N(C)[C@H](C[C@@H](OC(C)=O)c1nc(C(=O)N[C@@H](Cc2ccccc2)C[C@H](C)C(=O)O)cs1)C(C)C. The molecule has 21 nitrogen and oxygen atoms in total. The minimum atomic E-state index is -1.94. The number of carbonyl (C=O) groups is 7. The number of esters is 1. The van der Waals surface area contributed by atoms with E-state index in [2.05, 4.69) is 15.6 Å². The van der Waals surface area contributed by atoms with Gasteiger partial charge < -0.3 is 65.5 Å². The van der Waals surface area contributed by atoms with Gasteiger partial charge in [-0.25, -0.2) is 9.78 Å². The Morgan fingerprint density at radius 1 is 0.948 bits per heavy atom. The molecule has 3 heterocycles. The second kappa shape index (κ2) is 28.1. The van der Waals surface area contributed by atoms with Crippen LogP contribution in [0.3, 0.4) is 0 Å². The maximum absolute atomic E-state index is 14.9. The van der Waals surface area contributed by atoms with Crippen molar-refractivity contribution in [3.05, 3.63) is 75.7 Å². The number of anilines is 1.